The van der Waals surface area contributed by atoms with Crippen molar-refractivity contribution in [3.05, 3.63) is 53.6 Å². The summed E-state index contributed by atoms with van der Waals surface area (Å²) in [6.07, 6.45) is 5.46. The van der Waals surface area contributed by atoms with Crippen molar-refractivity contribution in [3.63, 3.8) is 0 Å². The Bertz CT molecular complexity index is 1260. The summed E-state index contributed by atoms with van der Waals surface area (Å²) in [6, 6.07) is 5.67. The molecule has 0 fully saturated rings. The molecule has 0 aliphatic rings. The average Bonchev–Trinajstić information content (AvgIpc) is 3.32. The summed E-state index contributed by atoms with van der Waals surface area (Å²) in [5.41, 5.74) is 4.14. The SMILES string of the molecule is CNC(=O)c1nn(C)c2c(C)cc(Nc3nccc(-n4cc(CN(C)C)cn4)n3)cc12. The van der Waals surface area contributed by atoms with Crippen molar-refractivity contribution in [2.24, 2.45) is 7.05 Å². The van der Waals surface area contributed by atoms with Crippen LogP contribution >= 0.6 is 0 Å². The fraction of sp³-hybridized carbons (Fsp3) is 0.286. The van der Waals surface area contributed by atoms with Gasteiger partial charge in [-0.05, 0) is 38.7 Å². The van der Waals surface area contributed by atoms with Crippen LogP contribution in [0.2, 0.25) is 0 Å². The number of amides is 1. The van der Waals surface area contributed by atoms with Crippen LogP contribution in [0.5, 0.6) is 0 Å². The second-order valence-electron chi connectivity index (χ2n) is 7.64. The predicted molar refractivity (Wildman–Crippen MR) is 119 cm³/mol. The first-order chi connectivity index (χ1) is 14.9. The smallest absolute Gasteiger partial charge is 0.272 e. The van der Waals surface area contributed by atoms with Gasteiger partial charge < -0.3 is 15.5 Å². The van der Waals surface area contributed by atoms with Gasteiger partial charge in [0.25, 0.3) is 5.91 Å². The molecule has 0 bridgehead atoms. The number of fused-ring (bicyclic) bond motifs is 1. The van der Waals surface area contributed by atoms with Gasteiger partial charge >= 0.3 is 0 Å². The van der Waals surface area contributed by atoms with Crippen LogP contribution < -0.4 is 10.6 Å². The molecule has 2 N–H and O–H groups in total. The Morgan fingerprint density at radius 1 is 1.26 bits per heavy atom. The number of anilines is 2. The fourth-order valence-corrected chi connectivity index (χ4v) is 3.60. The van der Waals surface area contributed by atoms with E-state index < -0.39 is 0 Å². The van der Waals surface area contributed by atoms with Crippen LogP contribution in [0.4, 0.5) is 11.6 Å². The minimum absolute atomic E-state index is 0.229. The van der Waals surface area contributed by atoms with E-state index >= 15 is 0 Å². The molecule has 0 atom stereocenters. The Balaban J connectivity index is 1.66. The molecule has 10 nitrogen and oxygen atoms in total. The predicted octanol–water partition coefficient (Wildman–Crippen LogP) is 2.02. The molecule has 10 heteroatoms. The normalized spacial score (nSPS) is 11.3. The number of nitrogens with zero attached hydrogens (tertiary/aromatic N) is 7. The maximum atomic E-state index is 12.2. The molecule has 160 valence electrons. The van der Waals surface area contributed by atoms with Crippen LogP contribution in [-0.2, 0) is 13.6 Å². The maximum Gasteiger partial charge on any atom is 0.272 e. The quantitative estimate of drug-likeness (QED) is 0.492. The van der Waals surface area contributed by atoms with Gasteiger partial charge in [0, 0.05) is 55.7 Å². The third-order valence-electron chi connectivity index (χ3n) is 4.84. The molecular formula is C21H25N9O. The number of rotatable bonds is 6. The molecule has 0 aliphatic carbocycles. The van der Waals surface area contributed by atoms with Gasteiger partial charge in [-0.1, -0.05) is 0 Å². The summed E-state index contributed by atoms with van der Waals surface area (Å²) in [7, 11) is 7.45. The first-order valence-electron chi connectivity index (χ1n) is 9.84. The minimum Gasteiger partial charge on any atom is -0.354 e. The third kappa shape index (κ3) is 4.10. The number of aryl methyl sites for hydroxylation is 2. The molecule has 4 aromatic rings. The lowest BCUT2D eigenvalue weighted by Gasteiger charge is -2.09. The van der Waals surface area contributed by atoms with Gasteiger partial charge in [0.05, 0.1) is 11.7 Å². The molecule has 0 saturated carbocycles. The molecule has 0 spiro atoms. The second-order valence-corrected chi connectivity index (χ2v) is 7.64. The van der Waals surface area contributed by atoms with Crippen molar-refractivity contribution in [2.45, 2.75) is 13.5 Å². The summed E-state index contributed by atoms with van der Waals surface area (Å²) in [6.45, 7) is 2.78. The molecular weight excluding hydrogens is 394 g/mol. The van der Waals surface area contributed by atoms with E-state index in [4.69, 9.17) is 0 Å². The standard InChI is InChI=1S/C21H25N9O/c1-13-8-15(9-16-18(20(31)22-2)27-29(5)19(13)16)25-21-23-7-6-17(26-21)30-12-14(10-24-30)11-28(3)4/h6-10,12H,11H2,1-5H3,(H,22,31)(H,23,25,26). The monoisotopic (exact) mass is 419 g/mol. The van der Waals surface area contributed by atoms with E-state index in [1.54, 1.807) is 28.7 Å². The summed E-state index contributed by atoms with van der Waals surface area (Å²) >= 11 is 0. The van der Waals surface area contributed by atoms with Gasteiger partial charge in [0.2, 0.25) is 5.95 Å². The average molecular weight is 419 g/mol. The molecule has 1 aromatic carbocycles. The summed E-state index contributed by atoms with van der Waals surface area (Å²) in [5.74, 6) is 0.867. The minimum atomic E-state index is -0.229. The summed E-state index contributed by atoms with van der Waals surface area (Å²) in [4.78, 5) is 23.2. The van der Waals surface area contributed by atoms with Gasteiger partial charge in [-0.2, -0.15) is 15.2 Å². The zero-order valence-electron chi connectivity index (χ0n) is 18.2. The molecule has 0 unspecified atom stereocenters. The first kappa shape index (κ1) is 20.5. The second kappa shape index (κ2) is 8.15. The Hall–Kier alpha value is -3.79. The van der Waals surface area contributed by atoms with E-state index in [-0.39, 0.29) is 5.91 Å². The lowest BCUT2D eigenvalue weighted by molar-refractivity contribution is 0.0959. The molecule has 4 rings (SSSR count). The number of nitrogens with one attached hydrogen (secondary N) is 2. The molecule has 3 heterocycles. The van der Waals surface area contributed by atoms with Crippen LogP contribution in [0, 0.1) is 6.92 Å². The van der Waals surface area contributed by atoms with Crippen molar-refractivity contribution in [3.8, 4) is 5.82 Å². The number of hydrogen-bond acceptors (Lipinski definition) is 7. The highest BCUT2D eigenvalue weighted by Gasteiger charge is 2.17. The largest absolute Gasteiger partial charge is 0.354 e. The number of carbonyl (C=O) groups excluding carboxylic acids is 1. The maximum absolute atomic E-state index is 12.2. The van der Waals surface area contributed by atoms with Gasteiger partial charge in [-0.25, -0.2) is 9.67 Å². The lowest BCUT2D eigenvalue weighted by atomic mass is 10.1. The van der Waals surface area contributed by atoms with Crippen molar-refractivity contribution in [2.75, 3.05) is 26.5 Å². The third-order valence-corrected chi connectivity index (χ3v) is 4.84. The highest BCUT2D eigenvalue weighted by molar-refractivity contribution is 6.06. The lowest BCUT2D eigenvalue weighted by Crippen LogP contribution is -2.18. The van der Waals surface area contributed by atoms with E-state index in [0.717, 1.165) is 34.3 Å². The molecule has 31 heavy (non-hydrogen) atoms. The van der Waals surface area contributed by atoms with Crippen LogP contribution in [0.25, 0.3) is 16.7 Å². The van der Waals surface area contributed by atoms with Gasteiger partial charge in [0.15, 0.2) is 11.5 Å². The summed E-state index contributed by atoms with van der Waals surface area (Å²) in [5, 5.41) is 15.4. The molecule has 3 aromatic heterocycles. The van der Waals surface area contributed by atoms with E-state index in [2.05, 4.69) is 35.7 Å². The Kier molecular flexibility index (Phi) is 5.38. The van der Waals surface area contributed by atoms with Crippen LogP contribution in [0.1, 0.15) is 21.6 Å². The Morgan fingerprint density at radius 2 is 2.06 bits per heavy atom. The summed E-state index contributed by atoms with van der Waals surface area (Å²) < 4.78 is 3.45. The molecule has 1 amide bonds. The van der Waals surface area contributed by atoms with Gasteiger partial charge in [0.1, 0.15) is 0 Å². The van der Waals surface area contributed by atoms with Crippen LogP contribution in [0.15, 0.2) is 36.8 Å². The first-order valence-corrected chi connectivity index (χ1v) is 9.84. The van der Waals surface area contributed by atoms with Crippen LogP contribution in [-0.4, -0.2) is 61.5 Å². The topological polar surface area (TPSA) is 106 Å². The Morgan fingerprint density at radius 3 is 2.81 bits per heavy atom. The van der Waals surface area contributed by atoms with E-state index in [0.29, 0.717) is 17.5 Å². The molecule has 0 saturated heterocycles. The van der Waals surface area contributed by atoms with Crippen molar-refractivity contribution < 1.29 is 4.79 Å². The highest BCUT2D eigenvalue weighted by atomic mass is 16.1. The number of aromatic nitrogens is 6. The van der Waals surface area contributed by atoms with Crippen LogP contribution in [0.3, 0.4) is 0 Å². The van der Waals surface area contributed by atoms with E-state index in [1.165, 1.54) is 0 Å². The van der Waals surface area contributed by atoms with Gasteiger partial charge in [-0.15, -0.1) is 0 Å². The zero-order chi connectivity index (χ0) is 22.1. The van der Waals surface area contributed by atoms with Gasteiger partial charge in [-0.3, -0.25) is 9.48 Å². The van der Waals surface area contributed by atoms with Crippen molar-refractivity contribution in [1.82, 2.24) is 39.7 Å². The number of hydrogen-bond donors (Lipinski definition) is 2. The Labute approximate surface area is 179 Å². The van der Waals surface area contributed by atoms with Crippen molar-refractivity contribution >= 4 is 28.4 Å². The fourth-order valence-electron chi connectivity index (χ4n) is 3.60. The molecule has 0 radical (unpaired) electrons. The number of benzene rings is 1. The number of carbonyl (C=O) groups is 1. The van der Waals surface area contributed by atoms with Crippen molar-refractivity contribution in [1.29, 1.82) is 0 Å². The van der Waals surface area contributed by atoms with E-state index in [9.17, 15) is 4.79 Å². The van der Waals surface area contributed by atoms with E-state index in [1.807, 2.05) is 52.6 Å². The molecule has 0 aliphatic heterocycles. The highest BCUT2D eigenvalue weighted by Crippen LogP contribution is 2.27. The zero-order valence-corrected chi connectivity index (χ0v) is 18.2.